The third-order valence-electron chi connectivity index (χ3n) is 6.94. The minimum Gasteiger partial charge on any atom is -0.466 e. The first kappa shape index (κ1) is 39.9. The summed E-state index contributed by atoms with van der Waals surface area (Å²) in [6, 6.07) is 19.9. The van der Waals surface area contributed by atoms with Gasteiger partial charge in [0, 0.05) is 28.6 Å². The van der Waals surface area contributed by atoms with E-state index in [-0.39, 0.29) is 36.1 Å². The van der Waals surface area contributed by atoms with Crippen molar-refractivity contribution >= 4 is 51.4 Å². The van der Waals surface area contributed by atoms with Crippen molar-refractivity contribution in [3.63, 3.8) is 0 Å². The molecule has 0 radical (unpaired) electrons. The molecule has 0 aliphatic heterocycles. The van der Waals surface area contributed by atoms with E-state index in [4.69, 9.17) is 21.1 Å². The maximum atomic E-state index is 13.1. The first-order valence-corrected chi connectivity index (χ1v) is 18.8. The average molecular weight is 733 g/mol. The van der Waals surface area contributed by atoms with E-state index < -0.39 is 39.7 Å². The van der Waals surface area contributed by atoms with Gasteiger partial charge in [-0.2, -0.15) is 0 Å². The summed E-state index contributed by atoms with van der Waals surface area (Å²) in [6.45, 7) is 10.8. The third-order valence-corrected chi connectivity index (χ3v) is 9.56. The van der Waals surface area contributed by atoms with Crippen LogP contribution in [0.3, 0.4) is 0 Å². The smallest absolute Gasteiger partial charge is 0.410 e. The van der Waals surface area contributed by atoms with Gasteiger partial charge in [0.2, 0.25) is 10.0 Å². The first-order valence-electron chi connectivity index (χ1n) is 15.9. The van der Waals surface area contributed by atoms with E-state index in [9.17, 15) is 27.9 Å². The Hall–Kier alpha value is -3.58. The zero-order valence-corrected chi connectivity index (χ0v) is 31.1. The molecule has 0 saturated carbocycles. The van der Waals surface area contributed by atoms with Gasteiger partial charge in [0.1, 0.15) is 5.60 Å². The van der Waals surface area contributed by atoms with Crippen LogP contribution in [0.5, 0.6) is 0 Å². The molecule has 0 aromatic heterocycles. The van der Waals surface area contributed by atoms with Crippen molar-refractivity contribution < 1.29 is 37.4 Å². The second-order valence-electron chi connectivity index (χ2n) is 12.8. The van der Waals surface area contributed by atoms with Crippen LogP contribution < -0.4 is 4.72 Å². The van der Waals surface area contributed by atoms with E-state index in [1.165, 1.54) is 23.6 Å². The molecule has 0 bridgehead atoms. The van der Waals surface area contributed by atoms with E-state index in [0.29, 0.717) is 28.4 Å². The Morgan fingerprint density at radius 1 is 1.00 bits per heavy atom. The van der Waals surface area contributed by atoms with Crippen LogP contribution in [0.15, 0.2) is 71.6 Å². The molecular formula is C36H45ClN2O8S2. The molecular weight excluding hydrogens is 688 g/mol. The third kappa shape index (κ3) is 13.7. The summed E-state index contributed by atoms with van der Waals surface area (Å²) in [5.41, 5.74) is 2.82. The number of carbonyl (C=O) groups excluding carboxylic acids is 3. The minimum atomic E-state index is -3.94. The quantitative estimate of drug-likeness (QED) is 0.0958. The highest BCUT2D eigenvalue weighted by molar-refractivity contribution is 8.00. The Labute approximate surface area is 298 Å². The topological polar surface area (TPSA) is 139 Å². The summed E-state index contributed by atoms with van der Waals surface area (Å²) in [5, 5.41) is 11.5. The molecule has 2 amide bonds. The van der Waals surface area contributed by atoms with Gasteiger partial charge in [0.05, 0.1) is 30.6 Å². The summed E-state index contributed by atoms with van der Waals surface area (Å²) in [6.07, 6.45) is -0.914. The van der Waals surface area contributed by atoms with Crippen molar-refractivity contribution in [2.75, 3.05) is 25.4 Å². The summed E-state index contributed by atoms with van der Waals surface area (Å²) in [5.74, 6) is -1.59. The van der Waals surface area contributed by atoms with E-state index in [1.54, 1.807) is 57.2 Å². The lowest BCUT2D eigenvalue weighted by Gasteiger charge is -2.29. The van der Waals surface area contributed by atoms with Gasteiger partial charge in [-0.3, -0.25) is 9.59 Å². The molecule has 0 fully saturated rings. The molecule has 10 nitrogen and oxygen atoms in total. The summed E-state index contributed by atoms with van der Waals surface area (Å²) in [4.78, 5) is 39.2. The molecule has 3 aromatic rings. The van der Waals surface area contributed by atoms with Gasteiger partial charge in [-0.15, -0.1) is 11.8 Å². The molecule has 49 heavy (non-hydrogen) atoms. The monoisotopic (exact) mass is 732 g/mol. The number of aliphatic hydroxyl groups is 1. The Bertz CT molecular complexity index is 1710. The molecule has 3 aromatic carbocycles. The molecule has 0 heterocycles. The number of hydrogen-bond donors (Lipinski definition) is 2. The van der Waals surface area contributed by atoms with Crippen molar-refractivity contribution in [3.8, 4) is 11.1 Å². The fourth-order valence-corrected chi connectivity index (χ4v) is 6.87. The van der Waals surface area contributed by atoms with Crippen LogP contribution in [0, 0.1) is 0 Å². The Kier molecular flexibility index (Phi) is 14.6. The SMILES string of the molecule is CC(=O)OCCCS(=O)(=O)NC(=O)c1ccc(-c2ccc(CCN(C[C@@H](O)c3cccc(Cl)c3)C(=O)OC(C)(C)C)cc2)cc1SC(C)C. The van der Waals surface area contributed by atoms with E-state index >= 15 is 0 Å². The molecule has 13 heteroatoms. The van der Waals surface area contributed by atoms with E-state index in [0.717, 1.165) is 16.7 Å². The average Bonchev–Trinajstić information content (AvgIpc) is 3.00. The number of nitrogens with one attached hydrogen (secondary N) is 1. The molecule has 0 spiro atoms. The van der Waals surface area contributed by atoms with Crippen LogP contribution in [-0.2, 0) is 30.7 Å². The number of halogens is 1. The number of amides is 2. The van der Waals surface area contributed by atoms with Crippen molar-refractivity contribution in [1.82, 2.24) is 9.62 Å². The van der Waals surface area contributed by atoms with Gasteiger partial charge in [-0.1, -0.05) is 67.9 Å². The predicted molar refractivity (Wildman–Crippen MR) is 193 cm³/mol. The Morgan fingerprint density at radius 2 is 1.67 bits per heavy atom. The largest absolute Gasteiger partial charge is 0.466 e. The number of aliphatic hydroxyl groups excluding tert-OH is 1. The van der Waals surface area contributed by atoms with Crippen molar-refractivity contribution in [2.45, 2.75) is 76.2 Å². The number of ether oxygens (including phenoxy) is 2. The van der Waals surface area contributed by atoms with Crippen LogP contribution in [0.2, 0.25) is 5.02 Å². The highest BCUT2D eigenvalue weighted by Gasteiger charge is 2.25. The number of rotatable bonds is 15. The normalized spacial score (nSPS) is 12.3. The molecule has 266 valence electrons. The van der Waals surface area contributed by atoms with E-state index in [1.807, 2.05) is 44.2 Å². The number of esters is 1. The zero-order chi connectivity index (χ0) is 36.4. The van der Waals surface area contributed by atoms with Gasteiger partial charge >= 0.3 is 12.1 Å². The maximum Gasteiger partial charge on any atom is 0.410 e. The lowest BCUT2D eigenvalue weighted by molar-refractivity contribution is -0.140. The molecule has 0 unspecified atom stereocenters. The fourth-order valence-electron chi connectivity index (χ4n) is 4.69. The fraction of sp³-hybridized carbons (Fsp3) is 0.417. The Balaban J connectivity index is 1.74. The number of thioether (sulfide) groups is 1. The van der Waals surface area contributed by atoms with Crippen LogP contribution in [0.1, 0.15) is 75.6 Å². The van der Waals surface area contributed by atoms with E-state index in [2.05, 4.69) is 4.72 Å². The Morgan fingerprint density at radius 3 is 2.29 bits per heavy atom. The van der Waals surface area contributed by atoms with Crippen molar-refractivity contribution in [1.29, 1.82) is 0 Å². The highest BCUT2D eigenvalue weighted by atomic mass is 35.5. The summed E-state index contributed by atoms with van der Waals surface area (Å²) < 4.78 is 37.5. The summed E-state index contributed by atoms with van der Waals surface area (Å²) >= 11 is 7.55. The van der Waals surface area contributed by atoms with Crippen LogP contribution in [0.4, 0.5) is 4.79 Å². The summed E-state index contributed by atoms with van der Waals surface area (Å²) in [7, 11) is -3.94. The van der Waals surface area contributed by atoms with Crippen LogP contribution >= 0.6 is 23.4 Å². The second kappa shape index (κ2) is 17.9. The molecule has 2 N–H and O–H groups in total. The maximum absolute atomic E-state index is 13.1. The second-order valence-corrected chi connectivity index (χ2v) is 16.7. The number of carbonyl (C=O) groups is 3. The van der Waals surface area contributed by atoms with Gasteiger partial charge in [0.15, 0.2) is 0 Å². The van der Waals surface area contributed by atoms with Crippen molar-refractivity contribution in [3.05, 3.63) is 88.4 Å². The van der Waals surface area contributed by atoms with Crippen molar-refractivity contribution in [2.24, 2.45) is 0 Å². The molecule has 0 saturated heterocycles. The number of benzene rings is 3. The lowest BCUT2D eigenvalue weighted by Crippen LogP contribution is -2.40. The first-order chi connectivity index (χ1) is 22.9. The number of nitrogens with zero attached hydrogens (tertiary/aromatic N) is 1. The zero-order valence-electron chi connectivity index (χ0n) is 28.7. The number of sulfonamides is 1. The number of hydrogen-bond acceptors (Lipinski definition) is 9. The minimum absolute atomic E-state index is 0.0269. The highest BCUT2D eigenvalue weighted by Crippen LogP contribution is 2.32. The van der Waals surface area contributed by atoms with Gasteiger partial charge < -0.3 is 19.5 Å². The van der Waals surface area contributed by atoms with Gasteiger partial charge in [0.25, 0.3) is 5.91 Å². The molecule has 0 aliphatic carbocycles. The van der Waals surface area contributed by atoms with Crippen LogP contribution in [0.25, 0.3) is 11.1 Å². The predicted octanol–water partition coefficient (Wildman–Crippen LogP) is 7.03. The van der Waals surface area contributed by atoms with Gasteiger partial charge in [-0.05, 0) is 80.1 Å². The van der Waals surface area contributed by atoms with Crippen LogP contribution in [-0.4, -0.2) is 72.7 Å². The standard InChI is InChI=1S/C36H45ClN2O8S2/c1-24(2)48-33-22-28(15-16-31(33)34(42)38-49(44,45)20-8-19-46-25(3)40)27-13-11-26(12-14-27)17-18-39(35(43)47-36(4,5)6)23-32(41)29-9-7-10-30(37)21-29/h7,9-16,21-22,24,32,41H,8,17-20,23H2,1-6H3,(H,38,42)/t32-/m1/s1. The lowest BCUT2D eigenvalue weighted by atomic mass is 10.0. The molecule has 1 atom stereocenters. The molecule has 0 aliphatic rings. The van der Waals surface area contributed by atoms with Gasteiger partial charge in [-0.25, -0.2) is 17.9 Å². The molecule has 3 rings (SSSR count).